The van der Waals surface area contributed by atoms with E-state index in [1.54, 1.807) is 0 Å². The Bertz CT molecular complexity index is 143. The second kappa shape index (κ2) is 6.38. The highest BCUT2D eigenvalue weighted by Gasteiger charge is 2.14. The third-order valence-electron chi connectivity index (χ3n) is 2.52. The Morgan fingerprint density at radius 3 is 2.38 bits per heavy atom. The van der Waals surface area contributed by atoms with Crippen molar-refractivity contribution < 1.29 is 0 Å². The van der Waals surface area contributed by atoms with Crippen molar-refractivity contribution in [3.63, 3.8) is 0 Å². The van der Waals surface area contributed by atoms with E-state index in [0.717, 1.165) is 0 Å². The van der Waals surface area contributed by atoms with Gasteiger partial charge in [-0.2, -0.15) is 0 Å². The molecular formula is C11H25NSi. The average molecular weight is 199 g/mol. The maximum atomic E-state index is 3.91. The summed E-state index contributed by atoms with van der Waals surface area (Å²) >= 11 is 0. The molecule has 1 nitrogen and oxygen atoms in total. The highest BCUT2D eigenvalue weighted by molar-refractivity contribution is 6.82. The minimum atomic E-state index is -1.03. The molecule has 0 fully saturated rings. The van der Waals surface area contributed by atoms with Crippen molar-refractivity contribution in [2.24, 2.45) is 0 Å². The van der Waals surface area contributed by atoms with Crippen LogP contribution in [0.15, 0.2) is 12.3 Å². The monoisotopic (exact) mass is 199 g/mol. The van der Waals surface area contributed by atoms with E-state index in [1.807, 2.05) is 0 Å². The predicted molar refractivity (Wildman–Crippen MR) is 64.9 cm³/mol. The van der Waals surface area contributed by atoms with Gasteiger partial charge in [0.05, 0.1) is 8.07 Å². The Kier molecular flexibility index (Phi) is 6.34. The smallest absolute Gasteiger partial charge is 0.0710 e. The summed E-state index contributed by atoms with van der Waals surface area (Å²) in [7, 11) is 1.18. The zero-order valence-corrected chi connectivity index (χ0v) is 10.8. The molecule has 0 aliphatic rings. The summed E-state index contributed by atoms with van der Waals surface area (Å²) in [4.78, 5) is 2.42. The maximum Gasteiger partial charge on any atom is 0.0710 e. The molecule has 0 amide bonds. The molecule has 0 saturated heterocycles. The van der Waals surface area contributed by atoms with Gasteiger partial charge in [-0.1, -0.05) is 26.1 Å². The zero-order chi connectivity index (χ0) is 10.3. The summed E-state index contributed by atoms with van der Waals surface area (Å²) < 4.78 is 0. The van der Waals surface area contributed by atoms with Gasteiger partial charge in [-0.15, -0.1) is 12.3 Å². The third kappa shape index (κ3) is 7.02. The van der Waals surface area contributed by atoms with Crippen LogP contribution in [0.25, 0.3) is 0 Å². The molecule has 0 aliphatic carbocycles. The fourth-order valence-corrected chi connectivity index (χ4v) is 2.67. The van der Waals surface area contributed by atoms with E-state index in [0.29, 0.717) is 0 Å². The molecule has 2 heteroatoms. The van der Waals surface area contributed by atoms with Crippen molar-refractivity contribution in [2.75, 3.05) is 20.1 Å². The molecule has 0 bridgehead atoms. The highest BCUT2D eigenvalue weighted by atomic mass is 28.3. The minimum absolute atomic E-state index is 1.03. The Balaban J connectivity index is 3.49. The van der Waals surface area contributed by atoms with Crippen LogP contribution in [-0.4, -0.2) is 33.1 Å². The summed E-state index contributed by atoms with van der Waals surface area (Å²) in [5.74, 6) is 0. The van der Waals surface area contributed by atoms with E-state index in [4.69, 9.17) is 0 Å². The molecule has 0 radical (unpaired) electrons. The van der Waals surface area contributed by atoms with Gasteiger partial charge in [0, 0.05) is 0 Å². The van der Waals surface area contributed by atoms with Crippen LogP contribution in [0.3, 0.4) is 0 Å². The number of hydrogen-bond donors (Lipinski definition) is 0. The molecular weight excluding hydrogens is 174 g/mol. The Labute approximate surface area is 84.8 Å². The molecule has 0 aromatic heterocycles. The maximum absolute atomic E-state index is 3.91. The van der Waals surface area contributed by atoms with E-state index in [1.165, 1.54) is 32.0 Å². The second-order valence-electron chi connectivity index (χ2n) is 4.60. The number of nitrogens with zero attached hydrogens (tertiary/aromatic N) is 1. The van der Waals surface area contributed by atoms with Crippen molar-refractivity contribution >= 4 is 8.07 Å². The topological polar surface area (TPSA) is 3.24 Å². The summed E-state index contributed by atoms with van der Waals surface area (Å²) in [5.41, 5.74) is 2.20. The lowest BCUT2D eigenvalue weighted by Gasteiger charge is -2.20. The molecule has 0 aromatic rings. The van der Waals surface area contributed by atoms with Crippen LogP contribution in [0.1, 0.15) is 19.8 Å². The Morgan fingerprint density at radius 1 is 1.31 bits per heavy atom. The van der Waals surface area contributed by atoms with E-state index in [2.05, 4.69) is 44.2 Å². The Morgan fingerprint density at radius 2 is 1.92 bits per heavy atom. The normalized spacial score (nSPS) is 12.1. The first-order valence-corrected chi connectivity index (χ1v) is 8.62. The quantitative estimate of drug-likeness (QED) is 0.569. The molecule has 0 rings (SSSR count). The third-order valence-corrected chi connectivity index (χ3v) is 5.27. The summed E-state index contributed by atoms with van der Waals surface area (Å²) in [6.07, 6.45) is 2.60. The summed E-state index contributed by atoms with van der Waals surface area (Å²) in [6, 6.07) is 1.38. The van der Waals surface area contributed by atoms with Crippen molar-refractivity contribution in [1.82, 2.24) is 4.90 Å². The molecule has 0 heterocycles. The van der Waals surface area contributed by atoms with Gasteiger partial charge in [0.1, 0.15) is 0 Å². The van der Waals surface area contributed by atoms with Crippen molar-refractivity contribution in [3.8, 4) is 0 Å². The van der Waals surface area contributed by atoms with Crippen LogP contribution in [0.4, 0.5) is 0 Å². The molecule has 0 atom stereocenters. The fraction of sp³-hybridized carbons (Fsp3) is 0.818. The molecule has 0 spiro atoms. The second-order valence-corrected chi connectivity index (χ2v) is 9.48. The molecule has 0 N–H and O–H groups in total. The van der Waals surface area contributed by atoms with E-state index >= 15 is 0 Å². The highest BCUT2D eigenvalue weighted by Crippen LogP contribution is 2.12. The predicted octanol–water partition coefficient (Wildman–Crippen LogP) is 3.15. The van der Waals surface area contributed by atoms with Gasteiger partial charge in [0.25, 0.3) is 0 Å². The van der Waals surface area contributed by atoms with Crippen LogP contribution in [0.2, 0.25) is 19.1 Å². The van der Waals surface area contributed by atoms with Crippen LogP contribution in [0.5, 0.6) is 0 Å². The molecule has 0 saturated carbocycles. The van der Waals surface area contributed by atoms with Crippen molar-refractivity contribution in [3.05, 3.63) is 12.3 Å². The lowest BCUT2D eigenvalue weighted by atomic mass is 10.4. The number of rotatable bonds is 7. The molecule has 0 aliphatic heterocycles. The molecule has 0 aromatic carbocycles. The zero-order valence-electron chi connectivity index (χ0n) is 9.77. The SMILES string of the molecule is C=C[Si](C)(C)CCCN(C)CCC. The van der Waals surface area contributed by atoms with Gasteiger partial charge in [-0.05, 0) is 33.0 Å². The van der Waals surface area contributed by atoms with Crippen LogP contribution in [0, 0.1) is 0 Å². The van der Waals surface area contributed by atoms with E-state index < -0.39 is 8.07 Å². The van der Waals surface area contributed by atoms with Gasteiger partial charge in [0.15, 0.2) is 0 Å². The lowest BCUT2D eigenvalue weighted by Crippen LogP contribution is -2.26. The minimum Gasteiger partial charge on any atom is -0.306 e. The molecule has 0 unspecified atom stereocenters. The average Bonchev–Trinajstić information content (AvgIpc) is 2.05. The van der Waals surface area contributed by atoms with Crippen LogP contribution >= 0.6 is 0 Å². The van der Waals surface area contributed by atoms with E-state index in [-0.39, 0.29) is 0 Å². The van der Waals surface area contributed by atoms with Gasteiger partial charge in [0.2, 0.25) is 0 Å². The first-order valence-electron chi connectivity index (χ1n) is 5.34. The molecule has 78 valence electrons. The van der Waals surface area contributed by atoms with Gasteiger partial charge in [-0.25, -0.2) is 0 Å². The van der Waals surface area contributed by atoms with Crippen molar-refractivity contribution in [2.45, 2.75) is 38.9 Å². The van der Waals surface area contributed by atoms with Crippen LogP contribution in [-0.2, 0) is 0 Å². The first-order chi connectivity index (χ1) is 6.02. The van der Waals surface area contributed by atoms with Gasteiger partial charge in [-0.3, -0.25) is 0 Å². The standard InChI is InChI=1S/C11H25NSi/c1-6-9-12(3)10-8-11-13(4,5)7-2/h7H,2,6,8-11H2,1,3-5H3. The fourth-order valence-electron chi connectivity index (χ4n) is 1.40. The van der Waals surface area contributed by atoms with Crippen molar-refractivity contribution in [1.29, 1.82) is 0 Å². The van der Waals surface area contributed by atoms with Gasteiger partial charge < -0.3 is 4.90 Å². The first kappa shape index (κ1) is 12.9. The summed E-state index contributed by atoms with van der Waals surface area (Å²) in [5, 5.41) is 0. The van der Waals surface area contributed by atoms with Crippen LogP contribution < -0.4 is 0 Å². The largest absolute Gasteiger partial charge is 0.306 e. The molecule has 13 heavy (non-hydrogen) atoms. The van der Waals surface area contributed by atoms with E-state index in [9.17, 15) is 0 Å². The van der Waals surface area contributed by atoms with Gasteiger partial charge >= 0.3 is 0 Å². The Hall–Kier alpha value is -0.0831. The summed E-state index contributed by atoms with van der Waals surface area (Å²) in [6.45, 7) is 13.4. The number of hydrogen-bond acceptors (Lipinski definition) is 1. The lowest BCUT2D eigenvalue weighted by molar-refractivity contribution is 0.335.